The number of benzene rings is 1. The molecule has 1 aliphatic carbocycles. The van der Waals surface area contributed by atoms with E-state index in [0.29, 0.717) is 82.8 Å². The van der Waals surface area contributed by atoms with E-state index in [4.69, 9.17) is 23.7 Å². The number of carbonyl (C=O) groups is 2. The van der Waals surface area contributed by atoms with Crippen molar-refractivity contribution < 1.29 is 33.3 Å². The molecule has 4 rings (SSSR count). The Morgan fingerprint density at radius 1 is 0.800 bits per heavy atom. The van der Waals surface area contributed by atoms with Crippen LogP contribution in [0.4, 0.5) is 5.69 Å². The second-order valence-corrected chi connectivity index (χ2v) is 12.4. The van der Waals surface area contributed by atoms with Gasteiger partial charge in [-0.3, -0.25) is 0 Å². The van der Waals surface area contributed by atoms with Gasteiger partial charge in [-0.15, -0.1) is 0 Å². The van der Waals surface area contributed by atoms with E-state index in [1.54, 1.807) is 6.08 Å². The van der Waals surface area contributed by atoms with Crippen LogP contribution in [-0.2, 0) is 23.8 Å². The number of nitrogens with zero attached hydrogens (tertiary/aromatic N) is 1. The number of allylic oxidation sites excluding steroid dienone is 3. The van der Waals surface area contributed by atoms with Crippen LogP contribution < -0.4 is 18.0 Å². The van der Waals surface area contributed by atoms with Crippen LogP contribution in [0.1, 0.15) is 26.7 Å². The number of ether oxygens (including phenoxy) is 5. The quantitative estimate of drug-likeness (QED) is 0.276. The van der Waals surface area contributed by atoms with E-state index in [0.717, 1.165) is 9.43 Å². The second-order valence-electron chi connectivity index (χ2n) is 9.41. The number of anilines is 1. The van der Waals surface area contributed by atoms with Crippen molar-refractivity contribution in [2.45, 2.75) is 26.7 Å². The molecule has 1 saturated carbocycles. The fourth-order valence-electron chi connectivity index (χ4n) is 4.13. The third-order valence-electron chi connectivity index (χ3n) is 5.92. The number of Topliss-reactive ketones (excluding diaryl/α,β-unsaturated/α-hetero) is 2. The predicted molar refractivity (Wildman–Crippen MR) is 133 cm³/mol. The number of ketones is 2. The Morgan fingerprint density at radius 2 is 1.31 bits per heavy atom. The molecule has 1 aromatic carbocycles. The molecule has 2 aliphatic heterocycles. The van der Waals surface area contributed by atoms with E-state index in [1.165, 1.54) is 3.61 Å². The first-order valence-electron chi connectivity index (χ1n) is 11.9. The van der Waals surface area contributed by atoms with Gasteiger partial charge in [-0.2, -0.15) is 0 Å². The van der Waals surface area contributed by atoms with Gasteiger partial charge in [0.25, 0.3) is 0 Å². The van der Waals surface area contributed by atoms with E-state index in [2.05, 4.69) is 11.0 Å². The van der Waals surface area contributed by atoms with Gasteiger partial charge in [0.2, 0.25) is 0 Å². The van der Waals surface area contributed by atoms with E-state index >= 15 is 0 Å². The standard InChI is InChI=1S/C26H33NO7Te/c1-26(2)16-20(28)18(21(29)17-26)4-5-25-27(3)19-14-22-23(15-24(19)35-25)34-13-11-32-9-7-30-6-8-31-10-12-33-22/h4-5,14-15H,6-13,16-17H2,1-3H3/b25-5+. The summed E-state index contributed by atoms with van der Waals surface area (Å²) in [5.41, 5.74) is 1.12. The summed E-state index contributed by atoms with van der Waals surface area (Å²) in [6, 6.07) is 4.06. The molecule has 0 bridgehead atoms. The number of hydrogen-bond acceptors (Lipinski definition) is 8. The Kier molecular flexibility index (Phi) is 8.90. The molecular weight excluding hydrogens is 566 g/mol. The molecule has 3 aliphatic rings. The van der Waals surface area contributed by atoms with Crippen LogP contribution in [0.5, 0.6) is 11.5 Å². The molecular formula is C26H33NO7Te. The molecule has 190 valence electrons. The summed E-state index contributed by atoms with van der Waals surface area (Å²) in [5, 5.41) is 0. The second kappa shape index (κ2) is 11.9. The molecule has 0 N–H and O–H groups in total. The molecule has 0 amide bonds. The molecule has 1 fully saturated rings. The van der Waals surface area contributed by atoms with Gasteiger partial charge < -0.3 is 0 Å². The van der Waals surface area contributed by atoms with Crippen molar-refractivity contribution in [1.82, 2.24) is 0 Å². The Labute approximate surface area is 216 Å². The van der Waals surface area contributed by atoms with Gasteiger partial charge >= 0.3 is 217 Å². The SMILES string of the molecule is CN1/C(=C\C=C2C(=O)CC(C)(C)CC2=O)[Te]c2cc3c(cc21)OCCOCCOCCOCCO3. The summed E-state index contributed by atoms with van der Waals surface area (Å²) in [4.78, 5) is 27.2. The molecule has 2 heterocycles. The molecule has 0 saturated heterocycles. The normalized spacial score (nSPS) is 23.0. The van der Waals surface area contributed by atoms with E-state index in [-0.39, 0.29) is 17.0 Å². The van der Waals surface area contributed by atoms with Gasteiger partial charge in [0.1, 0.15) is 0 Å². The van der Waals surface area contributed by atoms with Crippen LogP contribution in [0.2, 0.25) is 0 Å². The van der Waals surface area contributed by atoms with Crippen molar-refractivity contribution in [2.75, 3.05) is 64.8 Å². The third-order valence-corrected chi connectivity index (χ3v) is 9.25. The van der Waals surface area contributed by atoms with Crippen molar-refractivity contribution >= 4 is 41.8 Å². The summed E-state index contributed by atoms with van der Waals surface area (Å²) in [7, 11) is 2.01. The minimum absolute atomic E-state index is 0.0658. The third kappa shape index (κ3) is 6.87. The van der Waals surface area contributed by atoms with Gasteiger partial charge in [0.05, 0.1) is 0 Å². The minimum atomic E-state index is -0.730. The molecule has 0 radical (unpaired) electrons. The Bertz CT molecular complexity index is 995. The van der Waals surface area contributed by atoms with Crippen molar-refractivity contribution in [1.29, 1.82) is 0 Å². The van der Waals surface area contributed by atoms with Crippen molar-refractivity contribution in [2.24, 2.45) is 5.41 Å². The average molecular weight is 599 g/mol. The zero-order valence-electron chi connectivity index (χ0n) is 20.6. The van der Waals surface area contributed by atoms with Crippen LogP contribution in [-0.4, -0.2) is 92.4 Å². The van der Waals surface area contributed by atoms with Crippen molar-refractivity contribution in [3.05, 3.63) is 33.6 Å². The summed E-state index contributed by atoms with van der Waals surface area (Å²) in [6.45, 7) is 7.75. The topological polar surface area (TPSA) is 83.5 Å². The number of hydrogen-bond donors (Lipinski definition) is 0. The summed E-state index contributed by atoms with van der Waals surface area (Å²) < 4.78 is 31.0. The van der Waals surface area contributed by atoms with Crippen LogP contribution in [0.15, 0.2) is 33.6 Å². The van der Waals surface area contributed by atoms with Crippen LogP contribution in [0.3, 0.4) is 0 Å². The van der Waals surface area contributed by atoms with E-state index < -0.39 is 20.9 Å². The van der Waals surface area contributed by atoms with Gasteiger partial charge in [0.15, 0.2) is 0 Å². The van der Waals surface area contributed by atoms with Crippen LogP contribution in [0.25, 0.3) is 0 Å². The maximum atomic E-state index is 12.5. The zero-order valence-corrected chi connectivity index (χ0v) is 22.9. The molecule has 0 spiro atoms. The van der Waals surface area contributed by atoms with E-state index in [1.807, 2.05) is 33.0 Å². The summed E-state index contributed by atoms with van der Waals surface area (Å²) in [6.07, 6.45) is 4.47. The summed E-state index contributed by atoms with van der Waals surface area (Å²) in [5.74, 6) is 1.22. The summed E-state index contributed by atoms with van der Waals surface area (Å²) >= 11 is -0.730. The number of carbonyl (C=O) groups excluding carboxylic acids is 2. The molecule has 9 heteroatoms. The van der Waals surface area contributed by atoms with Gasteiger partial charge in [0, 0.05) is 0 Å². The van der Waals surface area contributed by atoms with Gasteiger partial charge in [-0.1, -0.05) is 0 Å². The first-order chi connectivity index (χ1) is 16.8. The number of fused-ring (bicyclic) bond motifs is 2. The Hall–Kier alpha value is -1.89. The van der Waals surface area contributed by atoms with Crippen molar-refractivity contribution in [3.63, 3.8) is 0 Å². The fourth-order valence-corrected chi connectivity index (χ4v) is 7.16. The Morgan fingerprint density at radius 3 is 1.89 bits per heavy atom. The molecule has 0 aromatic heterocycles. The molecule has 35 heavy (non-hydrogen) atoms. The van der Waals surface area contributed by atoms with Crippen LogP contribution in [0, 0.1) is 5.41 Å². The Balaban J connectivity index is 1.52. The maximum absolute atomic E-state index is 12.5. The first kappa shape index (κ1) is 26.2. The molecule has 1 aromatic rings. The van der Waals surface area contributed by atoms with Gasteiger partial charge in [-0.25, -0.2) is 0 Å². The first-order valence-corrected chi connectivity index (χ1v) is 14.2. The monoisotopic (exact) mass is 601 g/mol. The molecule has 8 nitrogen and oxygen atoms in total. The fraction of sp³-hybridized carbons (Fsp3) is 0.538. The predicted octanol–water partition coefficient (Wildman–Crippen LogP) is 2.01. The van der Waals surface area contributed by atoms with Crippen LogP contribution >= 0.6 is 0 Å². The molecule has 0 atom stereocenters. The molecule has 0 unspecified atom stereocenters. The van der Waals surface area contributed by atoms with E-state index in [9.17, 15) is 9.59 Å². The van der Waals surface area contributed by atoms with Gasteiger partial charge in [-0.05, 0) is 0 Å². The average Bonchev–Trinajstić information content (AvgIpc) is 3.09. The zero-order chi connectivity index (χ0) is 24.8. The van der Waals surface area contributed by atoms with Crippen molar-refractivity contribution in [3.8, 4) is 11.5 Å². The number of rotatable bonds is 1.